The van der Waals surface area contributed by atoms with E-state index in [2.05, 4.69) is 11.2 Å². The Balaban J connectivity index is 1.99. The molecule has 0 spiro atoms. The summed E-state index contributed by atoms with van der Waals surface area (Å²) in [5.74, 6) is 0. The number of aryl methyl sites for hydroxylation is 2. The molecule has 0 amide bonds. The van der Waals surface area contributed by atoms with E-state index in [0.717, 1.165) is 17.7 Å². The maximum atomic E-state index is 10.6. The minimum Gasteiger partial charge on any atom is -0.381 e. The number of halogens is 1. The van der Waals surface area contributed by atoms with Crippen LogP contribution in [0, 0.1) is 0 Å². The maximum absolute atomic E-state index is 10.6. The van der Waals surface area contributed by atoms with Crippen LogP contribution in [0.4, 0.5) is 0 Å². The predicted octanol–water partition coefficient (Wildman–Crippen LogP) is 3.75. The van der Waals surface area contributed by atoms with Crippen molar-refractivity contribution < 1.29 is 5.11 Å². The molecule has 2 aromatic rings. The second-order valence-electron chi connectivity index (χ2n) is 5.27. The summed E-state index contributed by atoms with van der Waals surface area (Å²) in [5.41, 5.74) is 2.10. The van der Waals surface area contributed by atoms with E-state index in [0.29, 0.717) is 10.7 Å². The third-order valence-electron chi connectivity index (χ3n) is 3.57. The average Bonchev–Trinajstić information content (AvgIpc) is 3.00. The van der Waals surface area contributed by atoms with E-state index in [1.165, 1.54) is 16.9 Å². The van der Waals surface area contributed by atoms with Crippen molar-refractivity contribution in [2.75, 3.05) is 0 Å². The van der Waals surface area contributed by atoms with E-state index in [1.807, 2.05) is 13.8 Å². The van der Waals surface area contributed by atoms with Gasteiger partial charge in [0.05, 0.1) is 16.9 Å². The Kier molecular flexibility index (Phi) is 3.41. The first-order valence-corrected chi connectivity index (χ1v) is 7.80. The van der Waals surface area contributed by atoms with E-state index < -0.39 is 6.10 Å². The molecular formula is C14H17ClN2OS. The van der Waals surface area contributed by atoms with E-state index in [9.17, 15) is 5.11 Å². The van der Waals surface area contributed by atoms with Gasteiger partial charge in [0.15, 0.2) is 0 Å². The monoisotopic (exact) mass is 296 g/mol. The van der Waals surface area contributed by atoms with Crippen LogP contribution in [-0.4, -0.2) is 14.9 Å². The van der Waals surface area contributed by atoms with Crippen LogP contribution in [0.2, 0.25) is 5.02 Å². The van der Waals surface area contributed by atoms with E-state index in [-0.39, 0.29) is 6.04 Å². The number of thiophene rings is 1. The molecule has 0 bridgehead atoms. The molecule has 1 atom stereocenters. The Morgan fingerprint density at radius 2 is 2.21 bits per heavy atom. The summed E-state index contributed by atoms with van der Waals surface area (Å²) in [7, 11) is 0. The summed E-state index contributed by atoms with van der Waals surface area (Å²) in [6.07, 6.45) is 4.46. The number of nitrogens with zero attached hydrogens (tertiary/aromatic N) is 2. The van der Waals surface area contributed by atoms with Gasteiger partial charge in [0, 0.05) is 15.8 Å². The molecular weight excluding hydrogens is 280 g/mol. The molecule has 0 aromatic carbocycles. The Morgan fingerprint density at radius 3 is 2.89 bits per heavy atom. The molecule has 3 rings (SSSR count). The zero-order valence-corrected chi connectivity index (χ0v) is 12.6. The summed E-state index contributed by atoms with van der Waals surface area (Å²) in [6.45, 7) is 4.07. The van der Waals surface area contributed by atoms with Crippen LogP contribution in [0.1, 0.15) is 53.4 Å². The molecule has 19 heavy (non-hydrogen) atoms. The lowest BCUT2D eigenvalue weighted by Crippen LogP contribution is -2.11. The highest BCUT2D eigenvalue weighted by Gasteiger charge is 2.25. The number of hydrogen-bond acceptors (Lipinski definition) is 3. The van der Waals surface area contributed by atoms with Crippen LogP contribution in [0.25, 0.3) is 0 Å². The molecule has 0 aliphatic heterocycles. The summed E-state index contributed by atoms with van der Waals surface area (Å²) in [5, 5.41) is 15.4. The van der Waals surface area contributed by atoms with Gasteiger partial charge < -0.3 is 5.11 Å². The first-order chi connectivity index (χ1) is 9.08. The van der Waals surface area contributed by atoms with Crippen molar-refractivity contribution >= 4 is 22.9 Å². The molecule has 0 fully saturated rings. The lowest BCUT2D eigenvalue weighted by molar-refractivity contribution is 0.208. The predicted molar refractivity (Wildman–Crippen MR) is 78.0 cm³/mol. The SMILES string of the molecule is CC(C)n1ncc(Cl)c1C(O)c1cc2c(s1)CCC2. The zero-order valence-electron chi connectivity index (χ0n) is 11.1. The molecule has 102 valence electrons. The smallest absolute Gasteiger partial charge is 0.131 e. The fraction of sp³-hybridized carbons (Fsp3) is 0.500. The number of aliphatic hydroxyl groups excluding tert-OH is 1. The summed E-state index contributed by atoms with van der Waals surface area (Å²) in [6, 6.07) is 2.31. The molecule has 2 aromatic heterocycles. The second kappa shape index (κ2) is 4.93. The van der Waals surface area contributed by atoms with Crippen LogP contribution in [-0.2, 0) is 12.8 Å². The van der Waals surface area contributed by atoms with Gasteiger partial charge in [-0.3, -0.25) is 4.68 Å². The number of aromatic nitrogens is 2. The number of hydrogen-bond donors (Lipinski definition) is 1. The minimum atomic E-state index is -0.673. The van der Waals surface area contributed by atoms with Crippen molar-refractivity contribution in [2.45, 2.75) is 45.3 Å². The molecule has 1 aliphatic rings. The van der Waals surface area contributed by atoms with Gasteiger partial charge in [0.2, 0.25) is 0 Å². The lowest BCUT2D eigenvalue weighted by atomic mass is 10.1. The Labute approximate surface area is 121 Å². The van der Waals surface area contributed by atoms with Crippen LogP contribution >= 0.6 is 22.9 Å². The topological polar surface area (TPSA) is 38.0 Å². The van der Waals surface area contributed by atoms with Crippen LogP contribution in [0.5, 0.6) is 0 Å². The Bertz CT molecular complexity index is 581. The van der Waals surface area contributed by atoms with Crippen LogP contribution < -0.4 is 0 Å². The highest BCUT2D eigenvalue weighted by molar-refractivity contribution is 7.12. The highest BCUT2D eigenvalue weighted by Crippen LogP contribution is 2.38. The molecule has 0 radical (unpaired) electrons. The van der Waals surface area contributed by atoms with Gasteiger partial charge in [-0.2, -0.15) is 5.10 Å². The van der Waals surface area contributed by atoms with Crippen molar-refractivity contribution in [3.63, 3.8) is 0 Å². The summed E-state index contributed by atoms with van der Waals surface area (Å²) >= 11 is 7.90. The van der Waals surface area contributed by atoms with Gasteiger partial charge in [-0.25, -0.2) is 0 Å². The Hall–Kier alpha value is -0.840. The maximum Gasteiger partial charge on any atom is 0.131 e. The minimum absolute atomic E-state index is 0.184. The molecule has 1 aliphatic carbocycles. The van der Waals surface area contributed by atoms with Gasteiger partial charge in [-0.1, -0.05) is 11.6 Å². The van der Waals surface area contributed by atoms with Crippen LogP contribution in [0.3, 0.4) is 0 Å². The zero-order chi connectivity index (χ0) is 13.6. The summed E-state index contributed by atoms with van der Waals surface area (Å²) in [4.78, 5) is 2.40. The van der Waals surface area contributed by atoms with Gasteiger partial charge in [-0.05, 0) is 44.7 Å². The Morgan fingerprint density at radius 1 is 1.42 bits per heavy atom. The fourth-order valence-electron chi connectivity index (χ4n) is 2.64. The van der Waals surface area contributed by atoms with Gasteiger partial charge >= 0.3 is 0 Å². The van der Waals surface area contributed by atoms with E-state index >= 15 is 0 Å². The van der Waals surface area contributed by atoms with Crippen molar-refractivity contribution in [3.8, 4) is 0 Å². The van der Waals surface area contributed by atoms with Gasteiger partial charge in [0.25, 0.3) is 0 Å². The van der Waals surface area contributed by atoms with Crippen molar-refractivity contribution in [3.05, 3.63) is 38.3 Å². The molecule has 0 saturated heterocycles. The molecule has 2 heterocycles. The third-order valence-corrected chi connectivity index (χ3v) is 5.15. The van der Waals surface area contributed by atoms with Crippen molar-refractivity contribution in [1.29, 1.82) is 0 Å². The van der Waals surface area contributed by atoms with Crippen LogP contribution in [0.15, 0.2) is 12.3 Å². The molecule has 0 saturated carbocycles. The normalized spacial score (nSPS) is 16.1. The van der Waals surface area contributed by atoms with E-state index in [1.54, 1.807) is 22.2 Å². The van der Waals surface area contributed by atoms with Gasteiger partial charge in [-0.15, -0.1) is 11.3 Å². The van der Waals surface area contributed by atoms with Crippen molar-refractivity contribution in [1.82, 2.24) is 9.78 Å². The number of aliphatic hydroxyl groups is 1. The highest BCUT2D eigenvalue weighted by atomic mass is 35.5. The van der Waals surface area contributed by atoms with Crippen molar-refractivity contribution in [2.24, 2.45) is 0 Å². The molecule has 1 unspecified atom stereocenters. The standard InChI is InChI=1S/C14H17ClN2OS/c1-8(2)17-13(10(15)7-16-17)14(18)12-6-9-4-3-5-11(9)19-12/h6-8,14,18H,3-5H2,1-2H3. The molecule has 1 N–H and O–H groups in total. The lowest BCUT2D eigenvalue weighted by Gasteiger charge is -2.15. The largest absolute Gasteiger partial charge is 0.381 e. The quantitative estimate of drug-likeness (QED) is 0.937. The second-order valence-corrected chi connectivity index (χ2v) is 6.84. The van der Waals surface area contributed by atoms with E-state index in [4.69, 9.17) is 11.6 Å². The molecule has 5 heteroatoms. The fourth-order valence-corrected chi connectivity index (χ4v) is 4.12. The van der Waals surface area contributed by atoms with Gasteiger partial charge in [0.1, 0.15) is 6.10 Å². The third kappa shape index (κ3) is 2.22. The molecule has 3 nitrogen and oxygen atoms in total. The summed E-state index contributed by atoms with van der Waals surface area (Å²) < 4.78 is 1.80. The first kappa shape index (κ1) is 13.2. The average molecular weight is 297 g/mol. The number of fused-ring (bicyclic) bond motifs is 1. The number of rotatable bonds is 3. The first-order valence-electron chi connectivity index (χ1n) is 6.60.